The van der Waals surface area contributed by atoms with Gasteiger partial charge >= 0.3 is 0 Å². The second kappa shape index (κ2) is 13.0. The minimum Gasteiger partial charge on any atom is -0.456 e. The zero-order valence-corrected chi connectivity index (χ0v) is 33.6. The number of nitrogens with zero attached hydrogens (tertiary/aromatic N) is 1. The van der Waals surface area contributed by atoms with E-state index in [9.17, 15) is 0 Å². The molecule has 0 atom stereocenters. The highest BCUT2D eigenvalue weighted by Crippen LogP contribution is 2.59. The highest BCUT2D eigenvalue weighted by Gasteiger charge is 2.47. The van der Waals surface area contributed by atoms with Crippen molar-refractivity contribution in [2.24, 2.45) is 0 Å². The van der Waals surface area contributed by atoms with Gasteiger partial charge in [-0.1, -0.05) is 178 Å². The van der Waals surface area contributed by atoms with E-state index in [1.165, 1.54) is 55.6 Å². The van der Waals surface area contributed by atoms with Crippen molar-refractivity contribution in [2.45, 2.75) is 24.7 Å². The molecule has 10 aromatic rings. The molecule has 0 bridgehead atoms. The molecule has 0 unspecified atom stereocenters. The number of anilines is 3. The average molecular weight is 768 g/mol. The molecule has 0 radical (unpaired) electrons. The van der Waals surface area contributed by atoms with E-state index >= 15 is 0 Å². The second-order valence-electron chi connectivity index (χ2n) is 16.8. The van der Waals surface area contributed by atoms with Gasteiger partial charge in [0, 0.05) is 39.2 Å². The number of hydrogen-bond donors (Lipinski definition) is 0. The van der Waals surface area contributed by atoms with Crippen LogP contribution in [0.25, 0.3) is 55.3 Å². The van der Waals surface area contributed by atoms with E-state index in [4.69, 9.17) is 4.42 Å². The van der Waals surface area contributed by atoms with Gasteiger partial charge in [0.05, 0.1) is 11.1 Å². The number of benzene rings is 9. The summed E-state index contributed by atoms with van der Waals surface area (Å²) in [4.78, 5) is 2.48. The Bertz CT molecular complexity index is 3250. The van der Waals surface area contributed by atoms with Crippen molar-refractivity contribution in [2.75, 3.05) is 4.90 Å². The maximum atomic E-state index is 6.62. The van der Waals surface area contributed by atoms with Crippen LogP contribution in [0, 0.1) is 0 Å². The summed E-state index contributed by atoms with van der Waals surface area (Å²) < 4.78 is 6.62. The summed E-state index contributed by atoms with van der Waals surface area (Å²) in [6.07, 6.45) is 0. The highest BCUT2D eigenvalue weighted by molar-refractivity contribution is 6.07. The maximum Gasteiger partial charge on any atom is 0.137 e. The lowest BCUT2D eigenvalue weighted by atomic mass is 9.67. The van der Waals surface area contributed by atoms with Gasteiger partial charge in [-0.05, 0) is 104 Å². The summed E-state index contributed by atoms with van der Waals surface area (Å²) >= 11 is 0. The number of hydrogen-bond acceptors (Lipinski definition) is 2. The molecule has 1 heterocycles. The van der Waals surface area contributed by atoms with Crippen LogP contribution in [0.15, 0.2) is 217 Å². The normalized spacial score (nSPS) is 14.1. The van der Waals surface area contributed by atoms with Crippen LogP contribution in [-0.2, 0) is 10.8 Å². The summed E-state index contributed by atoms with van der Waals surface area (Å²) in [6, 6.07) is 78.2. The zero-order chi connectivity index (χ0) is 40.0. The van der Waals surface area contributed by atoms with Crippen molar-refractivity contribution >= 4 is 39.0 Å². The molecule has 0 saturated heterocycles. The van der Waals surface area contributed by atoms with Crippen LogP contribution < -0.4 is 4.90 Å². The van der Waals surface area contributed by atoms with Crippen LogP contribution in [-0.4, -0.2) is 0 Å². The molecule has 60 heavy (non-hydrogen) atoms. The van der Waals surface area contributed by atoms with Gasteiger partial charge in [0.25, 0.3) is 0 Å². The Hall–Kier alpha value is -7.42. The fraction of sp³-hybridized carbons (Fsp3) is 0.0690. The first kappa shape index (κ1) is 34.6. The van der Waals surface area contributed by atoms with E-state index in [1.807, 2.05) is 6.07 Å². The Balaban J connectivity index is 1.20. The summed E-state index contributed by atoms with van der Waals surface area (Å²) in [6.45, 7) is 4.73. The lowest BCUT2D eigenvalue weighted by Gasteiger charge is -2.35. The molecule has 2 nitrogen and oxygen atoms in total. The molecule has 0 N–H and O–H groups in total. The standard InChI is InChI=1S/C58H41NO/c1-57(2)50-27-15-12-24-43(50)45-32-30-41(34-52(45)57)59(42-31-33-47-46-26-14-17-29-55(46)60-56(47)35-42)54-37-53-49(36-48(54)38-18-6-3-7-19-38)44-25-13-16-28-51(44)58(53,39-20-8-4-9-21-39)40-22-10-5-11-23-40/h3-37H,1-2H3. The second-order valence-corrected chi connectivity index (χ2v) is 16.8. The Morgan fingerprint density at radius 1 is 0.367 bits per heavy atom. The largest absolute Gasteiger partial charge is 0.456 e. The predicted octanol–water partition coefficient (Wildman–Crippen LogP) is 15.4. The molecule has 0 aliphatic heterocycles. The molecular formula is C58H41NO. The molecular weight excluding hydrogens is 727 g/mol. The molecule has 0 spiro atoms. The number of furan rings is 1. The van der Waals surface area contributed by atoms with Gasteiger partial charge in [-0.15, -0.1) is 0 Å². The molecule has 12 rings (SSSR count). The molecule has 9 aromatic carbocycles. The molecule has 2 aliphatic rings. The molecule has 0 fully saturated rings. The van der Waals surface area contributed by atoms with Gasteiger partial charge < -0.3 is 9.32 Å². The van der Waals surface area contributed by atoms with Gasteiger partial charge in [0.1, 0.15) is 11.2 Å². The maximum absolute atomic E-state index is 6.62. The van der Waals surface area contributed by atoms with E-state index in [0.29, 0.717) is 0 Å². The summed E-state index contributed by atoms with van der Waals surface area (Å²) in [7, 11) is 0. The van der Waals surface area contributed by atoms with Gasteiger partial charge in [-0.3, -0.25) is 0 Å². The Morgan fingerprint density at radius 2 is 0.917 bits per heavy atom. The van der Waals surface area contributed by atoms with Gasteiger partial charge in [0.15, 0.2) is 0 Å². The van der Waals surface area contributed by atoms with E-state index in [1.54, 1.807) is 0 Å². The van der Waals surface area contributed by atoms with Crippen molar-refractivity contribution in [3.05, 3.63) is 246 Å². The van der Waals surface area contributed by atoms with Crippen molar-refractivity contribution in [1.82, 2.24) is 0 Å². The van der Waals surface area contributed by atoms with Crippen molar-refractivity contribution < 1.29 is 4.42 Å². The van der Waals surface area contributed by atoms with Gasteiger partial charge in [-0.2, -0.15) is 0 Å². The van der Waals surface area contributed by atoms with E-state index in [2.05, 4.69) is 225 Å². The van der Waals surface area contributed by atoms with E-state index in [-0.39, 0.29) is 5.41 Å². The number of rotatable bonds is 6. The SMILES string of the molecule is CC1(C)c2ccccc2-c2ccc(N(c3ccc4c(c3)oc3ccccc34)c3cc4c(cc3-c3ccccc3)-c3ccccc3C4(c3ccccc3)c3ccccc3)cc21. The fourth-order valence-electron chi connectivity index (χ4n) is 10.6. The monoisotopic (exact) mass is 767 g/mol. The Morgan fingerprint density at radius 3 is 1.65 bits per heavy atom. The zero-order valence-electron chi connectivity index (χ0n) is 33.6. The summed E-state index contributed by atoms with van der Waals surface area (Å²) in [5, 5.41) is 2.23. The molecule has 0 amide bonds. The van der Waals surface area contributed by atoms with Crippen LogP contribution in [0.2, 0.25) is 0 Å². The molecule has 1 aromatic heterocycles. The van der Waals surface area contributed by atoms with Crippen LogP contribution in [0.5, 0.6) is 0 Å². The van der Waals surface area contributed by atoms with Crippen LogP contribution >= 0.6 is 0 Å². The third-order valence-electron chi connectivity index (χ3n) is 13.3. The molecule has 2 aliphatic carbocycles. The van der Waals surface area contributed by atoms with Crippen LogP contribution in [0.4, 0.5) is 17.1 Å². The van der Waals surface area contributed by atoms with E-state index < -0.39 is 5.41 Å². The molecule has 2 heteroatoms. The first-order chi connectivity index (χ1) is 29.5. The quantitative estimate of drug-likeness (QED) is 0.168. The molecule has 0 saturated carbocycles. The van der Waals surface area contributed by atoms with Crippen molar-refractivity contribution in [3.63, 3.8) is 0 Å². The molecule has 284 valence electrons. The van der Waals surface area contributed by atoms with Crippen molar-refractivity contribution in [1.29, 1.82) is 0 Å². The lowest BCUT2D eigenvalue weighted by Crippen LogP contribution is -2.28. The highest BCUT2D eigenvalue weighted by atomic mass is 16.3. The Kier molecular flexibility index (Phi) is 7.52. The minimum absolute atomic E-state index is 0.173. The van der Waals surface area contributed by atoms with Crippen LogP contribution in [0.1, 0.15) is 47.2 Å². The van der Waals surface area contributed by atoms with Crippen LogP contribution in [0.3, 0.4) is 0 Å². The fourth-order valence-corrected chi connectivity index (χ4v) is 10.6. The lowest BCUT2D eigenvalue weighted by molar-refractivity contribution is 0.660. The summed E-state index contributed by atoms with van der Waals surface area (Å²) in [5.74, 6) is 0. The topological polar surface area (TPSA) is 16.4 Å². The number of fused-ring (bicyclic) bond motifs is 9. The first-order valence-corrected chi connectivity index (χ1v) is 20.9. The smallest absolute Gasteiger partial charge is 0.137 e. The summed E-state index contributed by atoms with van der Waals surface area (Å²) in [5.41, 5.74) is 19.4. The van der Waals surface area contributed by atoms with Crippen molar-refractivity contribution in [3.8, 4) is 33.4 Å². The third kappa shape index (κ3) is 4.88. The minimum atomic E-state index is -0.561. The van der Waals surface area contributed by atoms with Gasteiger partial charge in [-0.25, -0.2) is 0 Å². The number of para-hydroxylation sites is 1. The first-order valence-electron chi connectivity index (χ1n) is 20.9. The third-order valence-corrected chi connectivity index (χ3v) is 13.3. The average Bonchev–Trinajstić information content (AvgIpc) is 3.90. The predicted molar refractivity (Wildman–Crippen MR) is 249 cm³/mol. The Labute approximate surface area is 350 Å². The van der Waals surface area contributed by atoms with E-state index in [0.717, 1.165) is 50.1 Å². The van der Waals surface area contributed by atoms with Gasteiger partial charge in [0.2, 0.25) is 0 Å².